The molecule has 3 heterocycles. The van der Waals surface area contributed by atoms with Gasteiger partial charge in [-0.1, -0.05) is 12.8 Å². The number of hydrogen-bond donors (Lipinski definition) is 0. The van der Waals surface area contributed by atoms with Crippen molar-refractivity contribution in [1.82, 2.24) is 14.7 Å². The summed E-state index contributed by atoms with van der Waals surface area (Å²) in [5, 5.41) is 0. The van der Waals surface area contributed by atoms with Crippen LogP contribution in [0.4, 0.5) is 4.79 Å². The van der Waals surface area contributed by atoms with Gasteiger partial charge in [0.25, 0.3) is 0 Å². The summed E-state index contributed by atoms with van der Waals surface area (Å²) >= 11 is 0. The molecule has 0 aromatic rings. The van der Waals surface area contributed by atoms with Gasteiger partial charge in [-0.3, -0.25) is 4.79 Å². The number of rotatable bonds is 2. The molecule has 1 spiro atoms. The Morgan fingerprint density at radius 1 is 1.17 bits per heavy atom. The Kier molecular flexibility index (Phi) is 4.19. The van der Waals surface area contributed by atoms with E-state index in [0.717, 1.165) is 58.3 Å². The Balaban J connectivity index is 1.41. The number of likely N-dealkylation sites (tertiary alicyclic amines) is 1. The first-order valence-electron chi connectivity index (χ1n) is 9.52. The number of piperidine rings is 1. The number of amides is 3. The zero-order chi connectivity index (χ0) is 16.7. The van der Waals surface area contributed by atoms with E-state index in [1.165, 1.54) is 12.8 Å². The van der Waals surface area contributed by atoms with Crippen LogP contribution in [0.5, 0.6) is 0 Å². The molecule has 24 heavy (non-hydrogen) atoms. The second kappa shape index (κ2) is 6.21. The zero-order valence-corrected chi connectivity index (χ0v) is 14.7. The van der Waals surface area contributed by atoms with Crippen LogP contribution in [0, 0.1) is 5.92 Å². The van der Waals surface area contributed by atoms with Crippen LogP contribution in [-0.4, -0.2) is 78.1 Å². The third-order valence-electron chi connectivity index (χ3n) is 6.50. The quantitative estimate of drug-likeness (QED) is 0.772. The second-order valence-corrected chi connectivity index (χ2v) is 8.07. The SMILES string of the molecule is CN1CC2(CCOC2)N(C2CCN(C(=O)C3CCCC3)CC2)C1=O. The molecule has 0 bridgehead atoms. The van der Waals surface area contributed by atoms with Crippen molar-refractivity contribution in [3.8, 4) is 0 Å². The number of nitrogens with zero attached hydrogens (tertiary/aromatic N) is 3. The minimum Gasteiger partial charge on any atom is -0.379 e. The third-order valence-corrected chi connectivity index (χ3v) is 6.50. The van der Waals surface area contributed by atoms with Gasteiger partial charge in [0.05, 0.1) is 12.1 Å². The number of likely N-dealkylation sites (N-methyl/N-ethyl adjacent to an activating group) is 1. The van der Waals surface area contributed by atoms with Gasteiger partial charge >= 0.3 is 6.03 Å². The van der Waals surface area contributed by atoms with Gasteiger partial charge in [0, 0.05) is 45.2 Å². The lowest BCUT2D eigenvalue weighted by atomic mass is 9.92. The first-order chi connectivity index (χ1) is 11.6. The Hall–Kier alpha value is -1.30. The molecule has 3 amide bonds. The van der Waals surface area contributed by atoms with Gasteiger partial charge in [-0.25, -0.2) is 4.79 Å². The molecule has 1 saturated carbocycles. The molecular formula is C18H29N3O3. The summed E-state index contributed by atoms with van der Waals surface area (Å²) in [4.78, 5) is 31.3. The molecule has 4 rings (SSSR count). The molecule has 1 atom stereocenters. The summed E-state index contributed by atoms with van der Waals surface area (Å²) < 4.78 is 5.64. The van der Waals surface area contributed by atoms with Crippen molar-refractivity contribution in [2.75, 3.05) is 39.9 Å². The van der Waals surface area contributed by atoms with E-state index in [1.54, 1.807) is 0 Å². The van der Waals surface area contributed by atoms with E-state index in [2.05, 4.69) is 9.80 Å². The lowest BCUT2D eigenvalue weighted by molar-refractivity contribution is -0.137. The Labute approximate surface area is 144 Å². The van der Waals surface area contributed by atoms with Crippen molar-refractivity contribution in [2.24, 2.45) is 5.92 Å². The molecule has 0 N–H and O–H groups in total. The van der Waals surface area contributed by atoms with Crippen LogP contribution in [0.25, 0.3) is 0 Å². The summed E-state index contributed by atoms with van der Waals surface area (Å²) in [7, 11) is 1.89. The molecule has 1 unspecified atom stereocenters. The van der Waals surface area contributed by atoms with Crippen molar-refractivity contribution in [1.29, 1.82) is 0 Å². The van der Waals surface area contributed by atoms with E-state index in [9.17, 15) is 9.59 Å². The number of ether oxygens (including phenoxy) is 1. The fourth-order valence-electron chi connectivity index (χ4n) is 5.20. The molecule has 4 aliphatic rings. The Bertz CT molecular complexity index is 504. The molecule has 6 nitrogen and oxygen atoms in total. The van der Waals surface area contributed by atoms with Gasteiger partial charge in [0.1, 0.15) is 0 Å². The average molecular weight is 335 g/mol. The van der Waals surface area contributed by atoms with Gasteiger partial charge < -0.3 is 19.4 Å². The van der Waals surface area contributed by atoms with Crippen LogP contribution < -0.4 is 0 Å². The highest BCUT2D eigenvalue weighted by Crippen LogP contribution is 2.38. The normalized spacial score (nSPS) is 32.5. The molecule has 134 valence electrons. The van der Waals surface area contributed by atoms with Crippen molar-refractivity contribution >= 4 is 11.9 Å². The molecule has 3 saturated heterocycles. The van der Waals surface area contributed by atoms with Crippen LogP contribution in [0.2, 0.25) is 0 Å². The highest BCUT2D eigenvalue weighted by atomic mass is 16.5. The first kappa shape index (κ1) is 16.2. The van der Waals surface area contributed by atoms with Crippen molar-refractivity contribution in [3.05, 3.63) is 0 Å². The highest BCUT2D eigenvalue weighted by molar-refractivity contribution is 5.80. The maximum absolute atomic E-state index is 12.7. The van der Waals surface area contributed by atoms with Gasteiger partial charge in [0.2, 0.25) is 5.91 Å². The monoisotopic (exact) mass is 335 g/mol. The van der Waals surface area contributed by atoms with E-state index < -0.39 is 0 Å². The second-order valence-electron chi connectivity index (χ2n) is 8.07. The van der Waals surface area contributed by atoms with E-state index >= 15 is 0 Å². The molecule has 0 radical (unpaired) electrons. The lowest BCUT2D eigenvalue weighted by Crippen LogP contribution is -2.56. The summed E-state index contributed by atoms with van der Waals surface area (Å²) in [6.45, 7) is 3.77. The summed E-state index contributed by atoms with van der Waals surface area (Å²) in [6, 6.07) is 0.387. The summed E-state index contributed by atoms with van der Waals surface area (Å²) in [5.74, 6) is 0.616. The molecule has 1 aliphatic carbocycles. The Morgan fingerprint density at radius 3 is 2.50 bits per heavy atom. The number of carbonyl (C=O) groups excluding carboxylic acids is 2. The first-order valence-corrected chi connectivity index (χ1v) is 9.52. The molecule has 0 aromatic carbocycles. The molecule has 6 heteroatoms. The lowest BCUT2D eigenvalue weighted by Gasteiger charge is -2.43. The highest BCUT2D eigenvalue weighted by Gasteiger charge is 2.53. The summed E-state index contributed by atoms with van der Waals surface area (Å²) in [6.07, 6.45) is 7.27. The van der Waals surface area contributed by atoms with E-state index in [-0.39, 0.29) is 23.5 Å². The smallest absolute Gasteiger partial charge is 0.320 e. The number of hydrogen-bond acceptors (Lipinski definition) is 3. The predicted octanol–water partition coefficient (Wildman–Crippen LogP) is 1.69. The largest absolute Gasteiger partial charge is 0.379 e. The molecule has 4 fully saturated rings. The van der Waals surface area contributed by atoms with Gasteiger partial charge in [0.15, 0.2) is 0 Å². The Morgan fingerprint density at radius 2 is 1.88 bits per heavy atom. The van der Waals surface area contributed by atoms with Gasteiger partial charge in [-0.15, -0.1) is 0 Å². The van der Waals surface area contributed by atoms with Crippen LogP contribution in [0.15, 0.2) is 0 Å². The van der Waals surface area contributed by atoms with Gasteiger partial charge in [-0.05, 0) is 32.1 Å². The third kappa shape index (κ3) is 2.59. The molecular weight excluding hydrogens is 306 g/mol. The number of urea groups is 1. The average Bonchev–Trinajstić information content (AvgIpc) is 3.31. The van der Waals surface area contributed by atoms with E-state index in [4.69, 9.17) is 4.74 Å². The molecule has 3 aliphatic heterocycles. The summed E-state index contributed by atoms with van der Waals surface area (Å²) in [5.41, 5.74) is -0.131. The maximum atomic E-state index is 12.7. The standard InChI is InChI=1S/C18H29N3O3/c1-19-12-18(8-11-24-13-18)21(17(19)23)15-6-9-20(10-7-15)16(22)14-4-2-3-5-14/h14-15H,2-13H2,1H3. The van der Waals surface area contributed by atoms with Crippen molar-refractivity contribution in [2.45, 2.75) is 56.5 Å². The van der Waals surface area contributed by atoms with E-state index in [1.807, 2.05) is 11.9 Å². The van der Waals surface area contributed by atoms with Crippen LogP contribution in [-0.2, 0) is 9.53 Å². The number of carbonyl (C=O) groups is 2. The van der Waals surface area contributed by atoms with Crippen molar-refractivity contribution < 1.29 is 14.3 Å². The molecule has 0 aromatic heterocycles. The van der Waals surface area contributed by atoms with Crippen LogP contribution in [0.1, 0.15) is 44.9 Å². The van der Waals surface area contributed by atoms with Gasteiger partial charge in [-0.2, -0.15) is 0 Å². The predicted molar refractivity (Wildman–Crippen MR) is 89.6 cm³/mol. The fourth-order valence-corrected chi connectivity index (χ4v) is 5.20. The van der Waals surface area contributed by atoms with Crippen LogP contribution >= 0.6 is 0 Å². The fraction of sp³-hybridized carbons (Fsp3) is 0.889. The van der Waals surface area contributed by atoms with E-state index in [0.29, 0.717) is 12.5 Å². The van der Waals surface area contributed by atoms with Crippen molar-refractivity contribution in [3.63, 3.8) is 0 Å². The zero-order valence-electron chi connectivity index (χ0n) is 14.7. The minimum absolute atomic E-state index is 0.131. The maximum Gasteiger partial charge on any atom is 0.320 e. The topological polar surface area (TPSA) is 53.1 Å². The van der Waals surface area contributed by atoms with Crippen LogP contribution in [0.3, 0.4) is 0 Å². The minimum atomic E-state index is -0.131.